The molecule has 0 radical (unpaired) electrons. The van der Waals surface area contributed by atoms with Crippen LogP contribution < -0.4 is 0 Å². The summed E-state index contributed by atoms with van der Waals surface area (Å²) >= 11 is 1.24. The number of fused-ring (bicyclic) bond motifs is 1. The number of pyridine rings is 1. The van der Waals surface area contributed by atoms with Crippen LogP contribution in [0.3, 0.4) is 0 Å². The Bertz CT molecular complexity index is 791. The SMILES string of the molecule is CCCc1ccc(C(=O)Sc2cccc3cccnc23)cc1. The van der Waals surface area contributed by atoms with Crippen LogP contribution in [0.25, 0.3) is 10.9 Å². The van der Waals surface area contributed by atoms with Crippen molar-refractivity contribution in [2.45, 2.75) is 24.7 Å². The van der Waals surface area contributed by atoms with Crippen LogP contribution in [-0.4, -0.2) is 10.1 Å². The van der Waals surface area contributed by atoms with Gasteiger partial charge in [-0.3, -0.25) is 9.78 Å². The van der Waals surface area contributed by atoms with Crippen molar-refractivity contribution in [3.8, 4) is 0 Å². The number of nitrogens with zero attached hydrogens (tertiary/aromatic N) is 1. The van der Waals surface area contributed by atoms with Gasteiger partial charge in [0, 0.05) is 22.0 Å². The van der Waals surface area contributed by atoms with Crippen LogP contribution in [0.4, 0.5) is 0 Å². The van der Waals surface area contributed by atoms with Crippen LogP contribution >= 0.6 is 11.8 Å². The summed E-state index contributed by atoms with van der Waals surface area (Å²) in [4.78, 5) is 17.8. The van der Waals surface area contributed by atoms with Gasteiger partial charge in [-0.15, -0.1) is 0 Å². The minimum atomic E-state index is 0.0567. The average Bonchev–Trinajstić information content (AvgIpc) is 2.56. The Morgan fingerprint density at radius 1 is 1.05 bits per heavy atom. The third-order valence-electron chi connectivity index (χ3n) is 3.53. The predicted molar refractivity (Wildman–Crippen MR) is 92.4 cm³/mol. The number of carbonyl (C=O) groups is 1. The van der Waals surface area contributed by atoms with Crippen LogP contribution in [0, 0.1) is 0 Å². The Morgan fingerprint density at radius 3 is 2.59 bits per heavy atom. The van der Waals surface area contributed by atoms with Crippen molar-refractivity contribution in [2.24, 2.45) is 0 Å². The monoisotopic (exact) mass is 307 g/mol. The maximum Gasteiger partial charge on any atom is 0.224 e. The molecule has 110 valence electrons. The molecule has 0 amide bonds. The van der Waals surface area contributed by atoms with Gasteiger partial charge in [-0.2, -0.15) is 0 Å². The fourth-order valence-corrected chi connectivity index (χ4v) is 3.28. The summed E-state index contributed by atoms with van der Waals surface area (Å²) in [6.45, 7) is 2.16. The number of aromatic nitrogens is 1. The molecular formula is C19H17NOS. The molecule has 2 nitrogen and oxygen atoms in total. The fourth-order valence-electron chi connectivity index (χ4n) is 2.41. The molecule has 0 fully saturated rings. The van der Waals surface area contributed by atoms with E-state index in [0.717, 1.165) is 34.2 Å². The van der Waals surface area contributed by atoms with E-state index in [-0.39, 0.29) is 5.12 Å². The highest BCUT2D eigenvalue weighted by molar-refractivity contribution is 8.14. The third kappa shape index (κ3) is 3.20. The first-order valence-electron chi connectivity index (χ1n) is 7.43. The maximum atomic E-state index is 12.5. The van der Waals surface area contributed by atoms with E-state index in [0.29, 0.717) is 0 Å². The van der Waals surface area contributed by atoms with Gasteiger partial charge in [0.25, 0.3) is 0 Å². The van der Waals surface area contributed by atoms with Crippen molar-refractivity contribution >= 4 is 27.8 Å². The van der Waals surface area contributed by atoms with E-state index in [1.807, 2.05) is 54.6 Å². The molecule has 0 atom stereocenters. The van der Waals surface area contributed by atoms with Gasteiger partial charge < -0.3 is 0 Å². The van der Waals surface area contributed by atoms with E-state index >= 15 is 0 Å². The Labute approximate surface area is 134 Å². The number of rotatable bonds is 4. The second kappa shape index (κ2) is 6.75. The van der Waals surface area contributed by atoms with Crippen LogP contribution in [-0.2, 0) is 6.42 Å². The lowest BCUT2D eigenvalue weighted by atomic mass is 10.1. The van der Waals surface area contributed by atoms with Gasteiger partial charge in [0.15, 0.2) is 0 Å². The third-order valence-corrected chi connectivity index (χ3v) is 4.50. The zero-order valence-corrected chi connectivity index (χ0v) is 13.3. The number of para-hydroxylation sites is 1. The van der Waals surface area contributed by atoms with E-state index < -0.39 is 0 Å². The largest absolute Gasteiger partial charge is 0.281 e. The van der Waals surface area contributed by atoms with Crippen molar-refractivity contribution in [1.82, 2.24) is 4.98 Å². The van der Waals surface area contributed by atoms with E-state index in [4.69, 9.17) is 0 Å². The topological polar surface area (TPSA) is 30.0 Å². The van der Waals surface area contributed by atoms with Crippen LogP contribution in [0.5, 0.6) is 0 Å². The van der Waals surface area contributed by atoms with E-state index in [1.54, 1.807) is 6.20 Å². The Balaban J connectivity index is 1.83. The molecule has 0 spiro atoms. The molecule has 1 heterocycles. The molecular weight excluding hydrogens is 290 g/mol. The van der Waals surface area contributed by atoms with E-state index in [1.165, 1.54) is 17.3 Å². The second-order valence-electron chi connectivity index (χ2n) is 5.17. The van der Waals surface area contributed by atoms with Gasteiger partial charge >= 0.3 is 0 Å². The number of aryl methyl sites for hydroxylation is 1. The second-order valence-corrected chi connectivity index (χ2v) is 6.18. The Morgan fingerprint density at radius 2 is 1.82 bits per heavy atom. The fraction of sp³-hybridized carbons (Fsp3) is 0.158. The molecule has 1 aromatic heterocycles. The van der Waals surface area contributed by atoms with Gasteiger partial charge in [0.05, 0.1) is 5.52 Å². The first-order valence-corrected chi connectivity index (χ1v) is 8.24. The normalized spacial score (nSPS) is 10.8. The summed E-state index contributed by atoms with van der Waals surface area (Å²) in [5.41, 5.74) is 2.89. The van der Waals surface area contributed by atoms with Crippen LogP contribution in [0.1, 0.15) is 29.3 Å². The number of hydrogen-bond acceptors (Lipinski definition) is 3. The van der Waals surface area contributed by atoms with Crippen LogP contribution in [0.15, 0.2) is 65.7 Å². The standard InChI is InChI=1S/C19H17NOS/c1-2-5-14-9-11-16(12-10-14)19(21)22-17-8-3-6-15-7-4-13-20-18(15)17/h3-4,6-13H,2,5H2,1H3. The molecule has 3 aromatic rings. The molecule has 0 unspecified atom stereocenters. The molecule has 2 aromatic carbocycles. The van der Waals surface area contributed by atoms with Gasteiger partial charge in [-0.1, -0.05) is 55.8 Å². The smallest absolute Gasteiger partial charge is 0.224 e. The predicted octanol–water partition coefficient (Wildman–Crippen LogP) is 5.12. The summed E-state index contributed by atoms with van der Waals surface area (Å²) in [6, 6.07) is 17.8. The lowest BCUT2D eigenvalue weighted by Gasteiger charge is -2.05. The average molecular weight is 307 g/mol. The molecule has 0 saturated heterocycles. The van der Waals surface area contributed by atoms with E-state index in [9.17, 15) is 4.79 Å². The lowest BCUT2D eigenvalue weighted by molar-refractivity contribution is 0.108. The van der Waals surface area contributed by atoms with Crippen molar-refractivity contribution < 1.29 is 4.79 Å². The molecule has 0 aliphatic carbocycles. The van der Waals surface area contributed by atoms with Gasteiger partial charge in [-0.25, -0.2) is 0 Å². The van der Waals surface area contributed by atoms with Crippen molar-refractivity contribution in [3.05, 3.63) is 71.9 Å². The minimum Gasteiger partial charge on any atom is -0.281 e. The molecule has 0 N–H and O–H groups in total. The van der Waals surface area contributed by atoms with E-state index in [2.05, 4.69) is 11.9 Å². The summed E-state index contributed by atoms with van der Waals surface area (Å²) in [7, 11) is 0. The van der Waals surface area contributed by atoms with Gasteiger partial charge in [0.1, 0.15) is 0 Å². The highest BCUT2D eigenvalue weighted by Gasteiger charge is 2.11. The number of benzene rings is 2. The molecule has 0 saturated carbocycles. The molecule has 3 rings (SSSR count). The summed E-state index contributed by atoms with van der Waals surface area (Å²) < 4.78 is 0. The zero-order valence-electron chi connectivity index (χ0n) is 12.5. The first-order chi connectivity index (χ1) is 10.8. The minimum absolute atomic E-state index is 0.0567. The zero-order chi connectivity index (χ0) is 15.4. The summed E-state index contributed by atoms with van der Waals surface area (Å²) in [5, 5.41) is 1.11. The first kappa shape index (κ1) is 14.8. The number of carbonyl (C=O) groups excluding carboxylic acids is 1. The molecule has 0 aliphatic rings. The Hall–Kier alpha value is -2.13. The van der Waals surface area contributed by atoms with Crippen molar-refractivity contribution in [3.63, 3.8) is 0 Å². The summed E-state index contributed by atoms with van der Waals surface area (Å²) in [6.07, 6.45) is 3.93. The highest BCUT2D eigenvalue weighted by Crippen LogP contribution is 2.29. The highest BCUT2D eigenvalue weighted by atomic mass is 32.2. The molecule has 0 aliphatic heterocycles. The van der Waals surface area contributed by atoms with Crippen molar-refractivity contribution in [1.29, 1.82) is 0 Å². The van der Waals surface area contributed by atoms with Gasteiger partial charge in [-0.05, 0) is 35.9 Å². The summed E-state index contributed by atoms with van der Waals surface area (Å²) in [5.74, 6) is 0. The quantitative estimate of drug-likeness (QED) is 0.627. The molecule has 0 bridgehead atoms. The Kier molecular flexibility index (Phi) is 4.54. The molecule has 3 heteroatoms. The lowest BCUT2D eigenvalue weighted by Crippen LogP contribution is -1.95. The number of hydrogen-bond donors (Lipinski definition) is 0. The van der Waals surface area contributed by atoms with Crippen molar-refractivity contribution in [2.75, 3.05) is 0 Å². The van der Waals surface area contributed by atoms with Gasteiger partial charge in [0.2, 0.25) is 5.12 Å². The maximum absolute atomic E-state index is 12.5. The molecule has 22 heavy (non-hydrogen) atoms. The van der Waals surface area contributed by atoms with Crippen LogP contribution in [0.2, 0.25) is 0 Å². The number of thioether (sulfide) groups is 1.